The Morgan fingerprint density at radius 2 is 1.89 bits per heavy atom. The van der Waals surface area contributed by atoms with Gasteiger partial charge in [0.15, 0.2) is 11.5 Å². The fourth-order valence-corrected chi connectivity index (χ4v) is 3.98. The van der Waals surface area contributed by atoms with E-state index in [2.05, 4.69) is 9.88 Å². The third-order valence-electron chi connectivity index (χ3n) is 5.42. The van der Waals surface area contributed by atoms with Gasteiger partial charge < -0.3 is 19.3 Å². The smallest absolute Gasteiger partial charge is 0.290 e. The third kappa shape index (κ3) is 3.45. The van der Waals surface area contributed by atoms with Gasteiger partial charge in [-0.2, -0.15) is 0 Å². The van der Waals surface area contributed by atoms with Crippen molar-refractivity contribution in [1.82, 2.24) is 14.8 Å². The first-order chi connectivity index (χ1) is 13.7. The van der Waals surface area contributed by atoms with Crippen molar-refractivity contribution in [3.63, 3.8) is 0 Å². The number of furan rings is 1. The van der Waals surface area contributed by atoms with E-state index in [4.69, 9.17) is 4.42 Å². The number of hydrogen-bond donors (Lipinski definition) is 1. The molecule has 1 unspecified atom stereocenters. The van der Waals surface area contributed by atoms with E-state index in [1.165, 1.54) is 18.8 Å². The van der Waals surface area contributed by atoms with Crippen LogP contribution < -0.4 is 0 Å². The minimum Gasteiger partial charge on any atom is -0.503 e. The minimum absolute atomic E-state index is 0.0600. The average Bonchev–Trinajstić information content (AvgIpc) is 3.36. The number of rotatable bonds is 6. The van der Waals surface area contributed by atoms with Crippen LogP contribution >= 0.6 is 0 Å². The Morgan fingerprint density at radius 3 is 2.57 bits per heavy atom. The molecule has 1 atom stereocenters. The van der Waals surface area contributed by atoms with Crippen LogP contribution in [0.3, 0.4) is 0 Å². The van der Waals surface area contributed by atoms with Gasteiger partial charge >= 0.3 is 0 Å². The van der Waals surface area contributed by atoms with Crippen LogP contribution in [0.2, 0.25) is 0 Å². The third-order valence-corrected chi connectivity index (χ3v) is 5.42. The molecule has 4 heterocycles. The molecule has 28 heavy (non-hydrogen) atoms. The molecule has 2 aliphatic rings. The van der Waals surface area contributed by atoms with Crippen LogP contribution in [0.5, 0.6) is 0 Å². The Morgan fingerprint density at radius 1 is 1.14 bits per heavy atom. The molecule has 0 radical (unpaired) electrons. The van der Waals surface area contributed by atoms with Crippen molar-refractivity contribution in [1.29, 1.82) is 0 Å². The average molecular weight is 381 g/mol. The van der Waals surface area contributed by atoms with Gasteiger partial charge in [0.25, 0.3) is 5.91 Å². The molecular formula is C21H23N3O4. The van der Waals surface area contributed by atoms with Crippen LogP contribution in [-0.4, -0.2) is 57.8 Å². The quantitative estimate of drug-likeness (QED) is 0.775. The Balaban J connectivity index is 1.64. The number of aromatic nitrogens is 1. The van der Waals surface area contributed by atoms with Crippen molar-refractivity contribution in [3.8, 4) is 0 Å². The summed E-state index contributed by atoms with van der Waals surface area (Å²) in [5.74, 6) is -1.39. The summed E-state index contributed by atoms with van der Waals surface area (Å²) in [5.41, 5.74) is 0.797. The molecule has 0 aromatic carbocycles. The molecule has 1 amide bonds. The molecule has 0 spiro atoms. The van der Waals surface area contributed by atoms with Crippen LogP contribution in [0.15, 0.2) is 58.7 Å². The molecule has 0 saturated carbocycles. The standard InChI is InChI=1S/C21H23N3O4/c25-19(16-5-4-14-28-16)17-18(15-6-8-22-9-7-15)24(21(27)20(17)26)13-12-23-10-2-1-3-11-23/h4-9,14,18,26H,1-3,10-13H2. The lowest BCUT2D eigenvalue weighted by atomic mass is 9.96. The van der Waals surface area contributed by atoms with Crippen LogP contribution in [0.1, 0.15) is 41.4 Å². The monoisotopic (exact) mass is 381 g/mol. The molecular weight excluding hydrogens is 358 g/mol. The van der Waals surface area contributed by atoms with Crippen molar-refractivity contribution in [3.05, 3.63) is 65.6 Å². The molecule has 1 N–H and O–H groups in total. The summed E-state index contributed by atoms with van der Waals surface area (Å²) in [7, 11) is 0. The normalized spacial score (nSPS) is 20.8. The molecule has 2 aromatic rings. The number of aliphatic hydroxyl groups excluding tert-OH is 1. The van der Waals surface area contributed by atoms with Crippen LogP contribution in [0.4, 0.5) is 0 Å². The number of carbonyl (C=O) groups excluding carboxylic acids is 2. The summed E-state index contributed by atoms with van der Waals surface area (Å²) in [6, 6.07) is 6.02. The number of likely N-dealkylation sites (tertiary alicyclic amines) is 1. The van der Waals surface area contributed by atoms with Crippen LogP contribution in [-0.2, 0) is 4.79 Å². The second kappa shape index (κ2) is 7.98. The Labute approximate surface area is 163 Å². The fourth-order valence-electron chi connectivity index (χ4n) is 3.98. The first kappa shape index (κ1) is 18.4. The molecule has 7 nitrogen and oxygen atoms in total. The highest BCUT2D eigenvalue weighted by atomic mass is 16.3. The van der Waals surface area contributed by atoms with E-state index >= 15 is 0 Å². The number of carbonyl (C=O) groups is 2. The lowest BCUT2D eigenvalue weighted by molar-refractivity contribution is -0.129. The van der Waals surface area contributed by atoms with Crippen molar-refractivity contribution >= 4 is 11.7 Å². The second-order valence-electron chi connectivity index (χ2n) is 7.15. The lowest BCUT2D eigenvalue weighted by Crippen LogP contribution is -2.40. The van der Waals surface area contributed by atoms with E-state index in [-0.39, 0.29) is 11.3 Å². The largest absolute Gasteiger partial charge is 0.503 e. The molecule has 2 aliphatic heterocycles. The van der Waals surface area contributed by atoms with Gasteiger partial charge in [0, 0.05) is 25.5 Å². The van der Waals surface area contributed by atoms with E-state index in [0.29, 0.717) is 13.1 Å². The highest BCUT2D eigenvalue weighted by Gasteiger charge is 2.44. The number of aliphatic hydroxyl groups is 1. The van der Waals surface area contributed by atoms with E-state index in [1.54, 1.807) is 35.5 Å². The number of hydrogen-bond acceptors (Lipinski definition) is 6. The van der Waals surface area contributed by atoms with Gasteiger partial charge in [-0.15, -0.1) is 0 Å². The van der Waals surface area contributed by atoms with Gasteiger partial charge in [-0.25, -0.2) is 0 Å². The van der Waals surface area contributed by atoms with E-state index in [1.807, 2.05) is 0 Å². The highest BCUT2D eigenvalue weighted by molar-refractivity contribution is 6.14. The van der Waals surface area contributed by atoms with Gasteiger partial charge in [0.05, 0.1) is 17.9 Å². The first-order valence-corrected chi connectivity index (χ1v) is 9.61. The van der Waals surface area contributed by atoms with Crippen molar-refractivity contribution in [2.45, 2.75) is 25.3 Å². The summed E-state index contributed by atoms with van der Waals surface area (Å²) in [6.07, 6.45) is 8.20. The Hall–Kier alpha value is -2.93. The Bertz CT molecular complexity index is 870. The number of pyridine rings is 1. The van der Waals surface area contributed by atoms with Gasteiger partial charge in [-0.1, -0.05) is 6.42 Å². The second-order valence-corrected chi connectivity index (χ2v) is 7.15. The maximum atomic E-state index is 13.0. The van der Waals surface area contributed by atoms with Crippen molar-refractivity contribution < 1.29 is 19.1 Å². The number of Topliss-reactive ketones (excluding diaryl/α,β-unsaturated/α-hetero) is 1. The van der Waals surface area contributed by atoms with Crippen molar-refractivity contribution in [2.75, 3.05) is 26.2 Å². The van der Waals surface area contributed by atoms with Crippen molar-refractivity contribution in [2.24, 2.45) is 0 Å². The minimum atomic E-state index is -0.655. The SMILES string of the molecule is O=C(C1=C(O)C(=O)N(CCN2CCCCC2)C1c1ccncc1)c1ccco1. The fraction of sp³-hybridized carbons (Fsp3) is 0.381. The molecule has 1 saturated heterocycles. The van der Waals surface area contributed by atoms with Crippen LogP contribution in [0.25, 0.3) is 0 Å². The maximum absolute atomic E-state index is 13.0. The summed E-state index contributed by atoms with van der Waals surface area (Å²) in [6.45, 7) is 3.17. The molecule has 4 rings (SSSR count). The maximum Gasteiger partial charge on any atom is 0.290 e. The number of ketones is 1. The lowest BCUT2D eigenvalue weighted by Gasteiger charge is -2.31. The number of piperidine rings is 1. The summed E-state index contributed by atoms with van der Waals surface area (Å²) in [4.78, 5) is 33.8. The summed E-state index contributed by atoms with van der Waals surface area (Å²) >= 11 is 0. The Kier molecular flexibility index (Phi) is 5.25. The summed E-state index contributed by atoms with van der Waals surface area (Å²) < 4.78 is 5.22. The molecule has 0 aliphatic carbocycles. The topological polar surface area (TPSA) is 86.9 Å². The zero-order valence-corrected chi connectivity index (χ0v) is 15.6. The van der Waals surface area contributed by atoms with E-state index < -0.39 is 23.5 Å². The molecule has 2 aromatic heterocycles. The zero-order chi connectivity index (χ0) is 19.5. The summed E-state index contributed by atoms with van der Waals surface area (Å²) in [5, 5.41) is 10.6. The number of amides is 1. The highest BCUT2D eigenvalue weighted by Crippen LogP contribution is 2.38. The van der Waals surface area contributed by atoms with Gasteiger partial charge in [0.1, 0.15) is 0 Å². The molecule has 146 valence electrons. The van der Waals surface area contributed by atoms with Gasteiger partial charge in [0.2, 0.25) is 5.78 Å². The van der Waals surface area contributed by atoms with E-state index in [9.17, 15) is 14.7 Å². The van der Waals surface area contributed by atoms with Gasteiger partial charge in [-0.05, 0) is 55.8 Å². The van der Waals surface area contributed by atoms with Crippen LogP contribution in [0, 0.1) is 0 Å². The zero-order valence-electron chi connectivity index (χ0n) is 15.6. The molecule has 7 heteroatoms. The predicted octanol–water partition coefficient (Wildman–Crippen LogP) is 2.74. The molecule has 0 bridgehead atoms. The number of nitrogens with zero attached hydrogens (tertiary/aromatic N) is 3. The van der Waals surface area contributed by atoms with E-state index in [0.717, 1.165) is 31.5 Å². The van der Waals surface area contributed by atoms with Gasteiger partial charge in [-0.3, -0.25) is 14.6 Å². The first-order valence-electron chi connectivity index (χ1n) is 9.61. The predicted molar refractivity (Wildman–Crippen MR) is 102 cm³/mol. The molecule has 1 fully saturated rings.